The molecular weight excluding hydrogens is 288 g/mol. The summed E-state index contributed by atoms with van der Waals surface area (Å²) in [5.74, 6) is -0.391. The zero-order chi connectivity index (χ0) is 14.0. The third-order valence-electron chi connectivity index (χ3n) is 2.27. The molecule has 0 unspecified atom stereocenters. The van der Waals surface area contributed by atoms with Crippen LogP contribution in [0.25, 0.3) is 0 Å². The molecule has 0 aliphatic carbocycles. The molecule has 19 heavy (non-hydrogen) atoms. The summed E-state index contributed by atoms with van der Waals surface area (Å²) < 4.78 is 24.0. The highest BCUT2D eigenvalue weighted by atomic mass is 32.2. The smallest absolute Gasteiger partial charge is 0.243 e. The van der Waals surface area contributed by atoms with E-state index in [1.165, 1.54) is 22.2 Å². The monoisotopic (exact) mass is 300 g/mol. The topological polar surface area (TPSA) is 107 Å². The molecule has 0 aliphatic rings. The summed E-state index contributed by atoms with van der Waals surface area (Å²) in [7, 11) is -2.37. The lowest BCUT2D eigenvalue weighted by atomic mass is 10.3. The lowest BCUT2D eigenvalue weighted by molar-refractivity contribution is -0.115. The van der Waals surface area contributed by atoms with Crippen molar-refractivity contribution in [2.45, 2.75) is 11.3 Å². The van der Waals surface area contributed by atoms with Crippen molar-refractivity contribution in [3.05, 3.63) is 28.6 Å². The first-order chi connectivity index (χ1) is 8.86. The van der Waals surface area contributed by atoms with Gasteiger partial charge < -0.3 is 5.32 Å². The van der Waals surface area contributed by atoms with E-state index in [1.807, 2.05) is 17.5 Å². The fourth-order valence-corrected chi connectivity index (χ4v) is 2.87. The van der Waals surface area contributed by atoms with Crippen molar-refractivity contribution in [3.63, 3.8) is 0 Å². The van der Waals surface area contributed by atoms with Crippen LogP contribution in [0.5, 0.6) is 0 Å². The molecule has 2 aromatic rings. The van der Waals surface area contributed by atoms with Crippen molar-refractivity contribution in [1.82, 2.24) is 9.78 Å². The van der Waals surface area contributed by atoms with Crippen molar-refractivity contribution < 1.29 is 13.2 Å². The fourth-order valence-electron chi connectivity index (χ4n) is 1.51. The van der Waals surface area contributed by atoms with Crippen molar-refractivity contribution in [3.8, 4) is 0 Å². The van der Waals surface area contributed by atoms with Crippen molar-refractivity contribution in [2.24, 2.45) is 12.2 Å². The first kappa shape index (κ1) is 13.7. The molecule has 7 nitrogen and oxygen atoms in total. The van der Waals surface area contributed by atoms with E-state index in [0.29, 0.717) is 0 Å². The highest BCUT2D eigenvalue weighted by Crippen LogP contribution is 2.18. The van der Waals surface area contributed by atoms with Crippen LogP contribution in [0.3, 0.4) is 0 Å². The predicted octanol–water partition coefficient (Wildman–Crippen LogP) is 0.310. The summed E-state index contributed by atoms with van der Waals surface area (Å²) >= 11 is 1.45. The Hall–Kier alpha value is -1.71. The molecule has 0 spiro atoms. The van der Waals surface area contributed by atoms with E-state index in [2.05, 4.69) is 10.4 Å². The Kier molecular flexibility index (Phi) is 3.69. The quantitative estimate of drug-likeness (QED) is 0.847. The van der Waals surface area contributed by atoms with Crippen LogP contribution in [0.1, 0.15) is 4.88 Å². The Morgan fingerprint density at radius 1 is 1.58 bits per heavy atom. The first-order valence-corrected chi connectivity index (χ1v) is 7.67. The number of aryl methyl sites for hydroxylation is 1. The average Bonchev–Trinajstić information content (AvgIpc) is 2.87. The summed E-state index contributed by atoms with van der Waals surface area (Å²) in [4.78, 5) is 12.5. The molecule has 9 heteroatoms. The van der Waals surface area contributed by atoms with Gasteiger partial charge >= 0.3 is 0 Å². The van der Waals surface area contributed by atoms with E-state index in [4.69, 9.17) is 5.14 Å². The summed E-state index contributed by atoms with van der Waals surface area (Å²) in [5.41, 5.74) is 0. The number of thiophene rings is 1. The van der Waals surface area contributed by atoms with E-state index in [9.17, 15) is 13.2 Å². The highest BCUT2D eigenvalue weighted by molar-refractivity contribution is 7.89. The van der Waals surface area contributed by atoms with Gasteiger partial charge in [-0.1, -0.05) is 6.07 Å². The molecule has 0 aromatic carbocycles. The van der Waals surface area contributed by atoms with E-state index >= 15 is 0 Å². The van der Waals surface area contributed by atoms with E-state index in [1.54, 1.807) is 7.05 Å². The maximum absolute atomic E-state index is 11.8. The summed E-state index contributed by atoms with van der Waals surface area (Å²) in [6.45, 7) is 0. The Morgan fingerprint density at radius 2 is 2.32 bits per heavy atom. The number of hydrogen-bond donors (Lipinski definition) is 2. The molecule has 0 fully saturated rings. The van der Waals surface area contributed by atoms with Gasteiger partial charge in [-0.05, 0) is 11.4 Å². The number of anilines is 1. The number of sulfonamides is 1. The second kappa shape index (κ2) is 5.11. The minimum atomic E-state index is -3.92. The van der Waals surface area contributed by atoms with Gasteiger partial charge in [0, 0.05) is 18.1 Å². The Labute approximate surface area is 114 Å². The van der Waals surface area contributed by atoms with E-state index in [0.717, 1.165) is 4.88 Å². The maximum atomic E-state index is 11.8. The summed E-state index contributed by atoms with van der Waals surface area (Å²) in [6.07, 6.45) is 1.41. The average molecular weight is 300 g/mol. The Morgan fingerprint density at radius 3 is 2.89 bits per heavy atom. The van der Waals surface area contributed by atoms with Gasteiger partial charge in [0.2, 0.25) is 15.9 Å². The lowest BCUT2D eigenvalue weighted by Gasteiger charge is -2.02. The number of hydrogen-bond acceptors (Lipinski definition) is 5. The number of aromatic nitrogens is 2. The molecule has 0 saturated heterocycles. The number of rotatable bonds is 4. The van der Waals surface area contributed by atoms with Crippen LogP contribution in [0.2, 0.25) is 0 Å². The molecule has 0 bridgehead atoms. The first-order valence-electron chi connectivity index (χ1n) is 5.25. The molecule has 2 heterocycles. The minimum Gasteiger partial charge on any atom is -0.308 e. The van der Waals surface area contributed by atoms with Crippen molar-refractivity contribution in [1.29, 1.82) is 0 Å². The standard InChI is InChI=1S/C10H12N4O3S2/c1-14-6-8(19(11,16)17)10(13-14)12-9(15)5-7-3-2-4-18-7/h2-4,6H,5H2,1H3,(H2,11,16,17)(H,12,13,15). The van der Waals surface area contributed by atoms with Crippen LogP contribution >= 0.6 is 11.3 Å². The Bertz CT molecular complexity index is 688. The van der Waals surface area contributed by atoms with Crippen LogP contribution < -0.4 is 10.5 Å². The van der Waals surface area contributed by atoms with Gasteiger partial charge in [0.25, 0.3) is 0 Å². The third kappa shape index (κ3) is 3.40. The molecule has 2 aromatic heterocycles. The molecule has 0 radical (unpaired) electrons. The lowest BCUT2D eigenvalue weighted by Crippen LogP contribution is -2.18. The highest BCUT2D eigenvalue weighted by Gasteiger charge is 2.20. The fraction of sp³-hybridized carbons (Fsp3) is 0.200. The second-order valence-electron chi connectivity index (χ2n) is 3.86. The van der Waals surface area contributed by atoms with Gasteiger partial charge in [0.15, 0.2) is 5.82 Å². The molecule has 102 valence electrons. The summed E-state index contributed by atoms with van der Waals surface area (Å²) in [6, 6.07) is 3.66. The number of carbonyl (C=O) groups excluding carboxylic acids is 1. The maximum Gasteiger partial charge on any atom is 0.243 e. The number of nitrogens with two attached hydrogens (primary N) is 1. The molecule has 2 rings (SSSR count). The molecule has 0 saturated carbocycles. The molecule has 0 aliphatic heterocycles. The zero-order valence-electron chi connectivity index (χ0n) is 10.0. The van der Waals surface area contributed by atoms with Gasteiger partial charge in [0.1, 0.15) is 4.90 Å². The van der Waals surface area contributed by atoms with Crippen LogP contribution in [-0.2, 0) is 28.3 Å². The number of primary sulfonamides is 1. The molecular formula is C10H12N4O3S2. The number of nitrogens with zero attached hydrogens (tertiary/aromatic N) is 2. The van der Waals surface area contributed by atoms with Crippen LogP contribution in [0, 0.1) is 0 Å². The molecule has 3 N–H and O–H groups in total. The third-order valence-corrected chi connectivity index (χ3v) is 4.06. The molecule has 1 amide bonds. The molecule has 0 atom stereocenters. The van der Waals surface area contributed by atoms with Gasteiger partial charge in [-0.2, -0.15) is 5.10 Å². The zero-order valence-corrected chi connectivity index (χ0v) is 11.7. The summed E-state index contributed by atoms with van der Waals surface area (Å²) in [5, 5.41) is 13.2. The van der Waals surface area contributed by atoms with E-state index < -0.39 is 10.0 Å². The normalized spacial score (nSPS) is 11.5. The van der Waals surface area contributed by atoms with Gasteiger partial charge in [-0.25, -0.2) is 13.6 Å². The van der Waals surface area contributed by atoms with Crippen molar-refractivity contribution in [2.75, 3.05) is 5.32 Å². The van der Waals surface area contributed by atoms with E-state index in [-0.39, 0.29) is 23.0 Å². The van der Waals surface area contributed by atoms with Crippen LogP contribution in [-0.4, -0.2) is 24.1 Å². The van der Waals surface area contributed by atoms with Gasteiger partial charge in [0.05, 0.1) is 6.42 Å². The predicted molar refractivity (Wildman–Crippen MR) is 71.2 cm³/mol. The minimum absolute atomic E-state index is 0.0495. The number of carbonyl (C=O) groups is 1. The van der Waals surface area contributed by atoms with Crippen molar-refractivity contribution >= 4 is 33.1 Å². The van der Waals surface area contributed by atoms with Gasteiger partial charge in [-0.15, -0.1) is 11.3 Å². The van der Waals surface area contributed by atoms with Gasteiger partial charge in [-0.3, -0.25) is 9.48 Å². The SMILES string of the molecule is Cn1cc(S(N)(=O)=O)c(NC(=O)Cc2cccs2)n1. The second-order valence-corrected chi connectivity index (χ2v) is 6.43. The Balaban J connectivity index is 2.17. The number of nitrogens with one attached hydrogen (secondary N) is 1. The van der Waals surface area contributed by atoms with Crippen LogP contribution in [0.4, 0.5) is 5.82 Å². The largest absolute Gasteiger partial charge is 0.308 e. The number of amides is 1. The van der Waals surface area contributed by atoms with Crippen LogP contribution in [0.15, 0.2) is 28.6 Å².